The summed E-state index contributed by atoms with van der Waals surface area (Å²) in [6.45, 7) is 2.35. The highest BCUT2D eigenvalue weighted by Gasteiger charge is 2.27. The summed E-state index contributed by atoms with van der Waals surface area (Å²) in [5.41, 5.74) is 1.82. The maximum Gasteiger partial charge on any atom is 0.325 e. The number of nitrogens with one attached hydrogen (secondary N) is 2. The van der Waals surface area contributed by atoms with Crippen molar-refractivity contribution in [2.24, 2.45) is 0 Å². The number of aromatic amines is 1. The Balaban J connectivity index is 1.61. The molecule has 0 aliphatic heterocycles. The molecular formula is C15H18N4O2. The lowest BCUT2D eigenvalue weighted by Gasteiger charge is -2.06. The number of esters is 1. The number of hydrogen-bond acceptors (Lipinski definition) is 5. The van der Waals surface area contributed by atoms with Crippen molar-refractivity contribution in [3.05, 3.63) is 30.1 Å². The summed E-state index contributed by atoms with van der Waals surface area (Å²) in [5.74, 6) is 2.00. The van der Waals surface area contributed by atoms with Crippen LogP contribution in [0.15, 0.2) is 24.3 Å². The highest BCUT2D eigenvalue weighted by Crippen LogP contribution is 2.38. The monoisotopic (exact) mass is 286 g/mol. The van der Waals surface area contributed by atoms with Gasteiger partial charge in [0, 0.05) is 17.2 Å². The Morgan fingerprint density at radius 1 is 1.38 bits per heavy atom. The number of ether oxygens (including phenoxy) is 1. The molecule has 1 fully saturated rings. The van der Waals surface area contributed by atoms with Crippen molar-refractivity contribution in [3.8, 4) is 11.4 Å². The molecule has 0 bridgehead atoms. The van der Waals surface area contributed by atoms with Gasteiger partial charge in [0.25, 0.3) is 0 Å². The highest BCUT2D eigenvalue weighted by molar-refractivity contribution is 5.75. The fraction of sp³-hybridized carbons (Fsp3) is 0.400. The zero-order chi connectivity index (χ0) is 14.7. The minimum absolute atomic E-state index is 0.166. The average molecular weight is 286 g/mol. The van der Waals surface area contributed by atoms with Crippen LogP contribution >= 0.6 is 0 Å². The summed E-state index contributed by atoms with van der Waals surface area (Å²) in [7, 11) is 0. The van der Waals surface area contributed by atoms with Gasteiger partial charge in [-0.05, 0) is 44.0 Å². The Bertz CT molecular complexity index is 617. The number of aromatic nitrogens is 3. The van der Waals surface area contributed by atoms with Crippen LogP contribution in [0.2, 0.25) is 0 Å². The third-order valence-corrected chi connectivity index (χ3v) is 3.35. The average Bonchev–Trinajstić information content (AvgIpc) is 3.24. The summed E-state index contributed by atoms with van der Waals surface area (Å²) in [5, 5.41) is 10.3. The lowest BCUT2D eigenvalue weighted by Crippen LogP contribution is -2.16. The molecule has 0 amide bonds. The molecule has 1 aliphatic carbocycles. The van der Waals surface area contributed by atoms with E-state index in [1.165, 1.54) is 12.8 Å². The Hall–Kier alpha value is -2.37. The number of benzene rings is 1. The van der Waals surface area contributed by atoms with Crippen LogP contribution < -0.4 is 5.32 Å². The van der Waals surface area contributed by atoms with Crippen LogP contribution in [0.25, 0.3) is 11.4 Å². The van der Waals surface area contributed by atoms with Crippen LogP contribution in [-0.4, -0.2) is 34.3 Å². The van der Waals surface area contributed by atoms with Gasteiger partial charge in [0.15, 0.2) is 5.82 Å². The number of nitrogens with zero attached hydrogens (tertiary/aromatic N) is 2. The number of rotatable bonds is 6. The van der Waals surface area contributed by atoms with E-state index in [-0.39, 0.29) is 12.5 Å². The van der Waals surface area contributed by atoms with Crippen molar-refractivity contribution < 1.29 is 9.53 Å². The molecule has 0 saturated heterocycles. The molecule has 0 unspecified atom stereocenters. The van der Waals surface area contributed by atoms with Gasteiger partial charge in [-0.15, -0.1) is 0 Å². The van der Waals surface area contributed by atoms with E-state index in [9.17, 15) is 4.79 Å². The van der Waals surface area contributed by atoms with E-state index < -0.39 is 0 Å². The molecule has 110 valence electrons. The highest BCUT2D eigenvalue weighted by atomic mass is 16.5. The second kappa shape index (κ2) is 5.95. The Kier molecular flexibility index (Phi) is 3.85. The lowest BCUT2D eigenvalue weighted by atomic mass is 10.2. The number of hydrogen-bond donors (Lipinski definition) is 2. The van der Waals surface area contributed by atoms with Crippen LogP contribution in [0.4, 0.5) is 5.69 Å². The first-order valence-corrected chi connectivity index (χ1v) is 7.18. The smallest absolute Gasteiger partial charge is 0.325 e. The van der Waals surface area contributed by atoms with Crippen LogP contribution in [-0.2, 0) is 9.53 Å². The lowest BCUT2D eigenvalue weighted by molar-refractivity contribution is -0.140. The molecule has 6 heteroatoms. The van der Waals surface area contributed by atoms with Crippen molar-refractivity contribution in [2.45, 2.75) is 25.7 Å². The molecule has 1 aliphatic rings. The first kappa shape index (κ1) is 13.6. The van der Waals surface area contributed by atoms with E-state index in [1.54, 1.807) is 6.92 Å². The van der Waals surface area contributed by atoms with Crippen molar-refractivity contribution in [2.75, 3.05) is 18.5 Å². The van der Waals surface area contributed by atoms with Gasteiger partial charge < -0.3 is 10.1 Å². The maximum atomic E-state index is 11.3. The zero-order valence-electron chi connectivity index (χ0n) is 11.9. The molecule has 3 rings (SSSR count). The van der Waals surface area contributed by atoms with Gasteiger partial charge in [-0.1, -0.05) is 0 Å². The van der Waals surface area contributed by atoms with Crippen LogP contribution in [0.1, 0.15) is 31.5 Å². The van der Waals surface area contributed by atoms with Gasteiger partial charge in [-0.3, -0.25) is 9.89 Å². The Labute approximate surface area is 122 Å². The summed E-state index contributed by atoms with van der Waals surface area (Å²) in [4.78, 5) is 15.8. The summed E-state index contributed by atoms with van der Waals surface area (Å²) in [6, 6.07) is 7.68. The van der Waals surface area contributed by atoms with E-state index in [0.717, 1.165) is 17.1 Å². The molecule has 21 heavy (non-hydrogen) atoms. The normalized spacial score (nSPS) is 14.0. The molecule has 1 aromatic carbocycles. The van der Waals surface area contributed by atoms with Crippen molar-refractivity contribution in [1.82, 2.24) is 15.2 Å². The van der Waals surface area contributed by atoms with Crippen LogP contribution in [0.5, 0.6) is 0 Å². The topological polar surface area (TPSA) is 79.9 Å². The second-order valence-corrected chi connectivity index (χ2v) is 5.05. The molecule has 1 aromatic heterocycles. The predicted octanol–water partition coefficient (Wildman–Crippen LogP) is 2.32. The molecule has 0 radical (unpaired) electrons. The second-order valence-electron chi connectivity index (χ2n) is 5.05. The number of H-pyrrole nitrogens is 1. The SMILES string of the molecule is CCOC(=O)CNc1ccc(-c2n[nH]c(C3CC3)n2)cc1. The fourth-order valence-electron chi connectivity index (χ4n) is 2.07. The van der Waals surface area contributed by atoms with Gasteiger partial charge in [-0.2, -0.15) is 5.10 Å². The van der Waals surface area contributed by atoms with E-state index in [0.29, 0.717) is 18.3 Å². The van der Waals surface area contributed by atoms with Crippen LogP contribution in [0.3, 0.4) is 0 Å². The van der Waals surface area contributed by atoms with Crippen molar-refractivity contribution in [1.29, 1.82) is 0 Å². The van der Waals surface area contributed by atoms with Gasteiger partial charge in [0.05, 0.1) is 6.61 Å². The summed E-state index contributed by atoms with van der Waals surface area (Å²) >= 11 is 0. The van der Waals surface area contributed by atoms with E-state index in [4.69, 9.17) is 4.74 Å². The number of anilines is 1. The van der Waals surface area contributed by atoms with Crippen LogP contribution in [0, 0.1) is 0 Å². The standard InChI is InChI=1S/C15H18N4O2/c1-2-21-13(20)9-16-12-7-5-11(6-8-12)15-17-14(18-19-15)10-3-4-10/h5-8,10,16H,2-4,9H2,1H3,(H,17,18,19). The summed E-state index contributed by atoms with van der Waals surface area (Å²) < 4.78 is 4.86. The van der Waals surface area contributed by atoms with Crippen molar-refractivity contribution in [3.63, 3.8) is 0 Å². The molecule has 1 saturated carbocycles. The molecular weight excluding hydrogens is 268 g/mol. The van der Waals surface area contributed by atoms with Gasteiger partial charge >= 0.3 is 5.97 Å². The molecule has 2 aromatic rings. The van der Waals surface area contributed by atoms with E-state index in [2.05, 4.69) is 20.5 Å². The molecule has 1 heterocycles. The first-order valence-electron chi connectivity index (χ1n) is 7.18. The Morgan fingerprint density at radius 3 is 2.81 bits per heavy atom. The number of carbonyl (C=O) groups excluding carboxylic acids is 1. The molecule has 0 spiro atoms. The first-order chi connectivity index (χ1) is 10.3. The fourth-order valence-corrected chi connectivity index (χ4v) is 2.07. The summed E-state index contributed by atoms with van der Waals surface area (Å²) in [6.07, 6.45) is 2.40. The molecule has 0 atom stereocenters. The minimum Gasteiger partial charge on any atom is -0.465 e. The predicted molar refractivity (Wildman–Crippen MR) is 78.9 cm³/mol. The largest absolute Gasteiger partial charge is 0.465 e. The van der Waals surface area contributed by atoms with E-state index >= 15 is 0 Å². The zero-order valence-corrected chi connectivity index (χ0v) is 11.9. The van der Waals surface area contributed by atoms with Gasteiger partial charge in [0.1, 0.15) is 12.4 Å². The van der Waals surface area contributed by atoms with E-state index in [1.807, 2.05) is 24.3 Å². The van der Waals surface area contributed by atoms with Crippen molar-refractivity contribution >= 4 is 11.7 Å². The molecule has 6 nitrogen and oxygen atoms in total. The quantitative estimate of drug-likeness (QED) is 0.797. The van der Waals surface area contributed by atoms with Gasteiger partial charge in [-0.25, -0.2) is 4.98 Å². The van der Waals surface area contributed by atoms with Gasteiger partial charge in [0.2, 0.25) is 0 Å². The minimum atomic E-state index is -0.260. The Morgan fingerprint density at radius 2 is 2.14 bits per heavy atom. The third kappa shape index (κ3) is 3.39. The molecule has 2 N–H and O–H groups in total. The maximum absolute atomic E-state index is 11.3. The third-order valence-electron chi connectivity index (χ3n) is 3.35. The number of carbonyl (C=O) groups is 1.